The standard InChI is InChI=1S/C23H16FNO3/c1-14-20(26)18-11-6-12-19(23(27)25-17-10-5-9-16(24)13-17)22(18)28-21(14)15-7-3-2-4-8-15/h2-13H,1H3,(H,25,27). The van der Waals surface area contributed by atoms with Crippen LogP contribution in [0.15, 0.2) is 82.0 Å². The second-order valence-electron chi connectivity index (χ2n) is 6.40. The fourth-order valence-electron chi connectivity index (χ4n) is 3.12. The first-order chi connectivity index (χ1) is 13.5. The van der Waals surface area contributed by atoms with E-state index in [0.717, 1.165) is 5.56 Å². The van der Waals surface area contributed by atoms with Gasteiger partial charge < -0.3 is 9.73 Å². The van der Waals surface area contributed by atoms with Gasteiger partial charge in [0.25, 0.3) is 5.91 Å². The zero-order chi connectivity index (χ0) is 19.7. The van der Waals surface area contributed by atoms with E-state index in [1.807, 2.05) is 30.3 Å². The van der Waals surface area contributed by atoms with Gasteiger partial charge in [-0.2, -0.15) is 0 Å². The van der Waals surface area contributed by atoms with Gasteiger partial charge in [0.05, 0.1) is 10.9 Å². The Morgan fingerprint density at radius 2 is 1.71 bits per heavy atom. The summed E-state index contributed by atoms with van der Waals surface area (Å²) in [5, 5.41) is 2.97. The van der Waals surface area contributed by atoms with Crippen LogP contribution in [0.1, 0.15) is 15.9 Å². The van der Waals surface area contributed by atoms with Gasteiger partial charge >= 0.3 is 0 Å². The third kappa shape index (κ3) is 3.18. The van der Waals surface area contributed by atoms with Gasteiger partial charge in [0, 0.05) is 16.8 Å². The smallest absolute Gasteiger partial charge is 0.259 e. The quantitative estimate of drug-likeness (QED) is 0.540. The zero-order valence-corrected chi connectivity index (χ0v) is 15.0. The van der Waals surface area contributed by atoms with Crippen LogP contribution in [0.2, 0.25) is 0 Å². The summed E-state index contributed by atoms with van der Waals surface area (Å²) in [6.07, 6.45) is 0. The molecule has 0 aliphatic carbocycles. The minimum absolute atomic E-state index is 0.194. The van der Waals surface area contributed by atoms with E-state index in [2.05, 4.69) is 5.32 Å². The van der Waals surface area contributed by atoms with Crippen LogP contribution in [0.3, 0.4) is 0 Å². The Hall–Kier alpha value is -3.73. The lowest BCUT2D eigenvalue weighted by molar-refractivity contribution is 0.102. The summed E-state index contributed by atoms with van der Waals surface area (Å²) >= 11 is 0. The van der Waals surface area contributed by atoms with Crippen molar-refractivity contribution in [3.8, 4) is 11.3 Å². The second-order valence-corrected chi connectivity index (χ2v) is 6.40. The van der Waals surface area contributed by atoms with Crippen molar-refractivity contribution in [2.24, 2.45) is 0 Å². The van der Waals surface area contributed by atoms with E-state index in [4.69, 9.17) is 4.42 Å². The molecule has 0 aliphatic heterocycles. The first-order valence-electron chi connectivity index (χ1n) is 8.73. The highest BCUT2D eigenvalue weighted by Gasteiger charge is 2.18. The molecule has 3 aromatic carbocycles. The molecule has 0 saturated carbocycles. The Kier molecular flexibility index (Phi) is 4.49. The maximum Gasteiger partial charge on any atom is 0.259 e. The fourth-order valence-corrected chi connectivity index (χ4v) is 3.12. The van der Waals surface area contributed by atoms with Crippen LogP contribution in [0, 0.1) is 12.7 Å². The molecule has 0 fully saturated rings. The van der Waals surface area contributed by atoms with Gasteiger partial charge in [0.1, 0.15) is 11.6 Å². The van der Waals surface area contributed by atoms with Gasteiger partial charge in [-0.25, -0.2) is 4.39 Å². The van der Waals surface area contributed by atoms with Crippen molar-refractivity contribution in [2.75, 3.05) is 5.32 Å². The van der Waals surface area contributed by atoms with Crippen molar-refractivity contribution in [3.63, 3.8) is 0 Å². The third-order valence-electron chi connectivity index (χ3n) is 4.51. The Balaban J connectivity index is 1.86. The van der Waals surface area contributed by atoms with E-state index in [0.29, 0.717) is 22.4 Å². The predicted octanol–water partition coefficient (Wildman–Crippen LogP) is 5.16. The molecule has 0 spiro atoms. The number of carbonyl (C=O) groups is 1. The molecule has 1 N–H and O–H groups in total. The van der Waals surface area contributed by atoms with Crippen molar-refractivity contribution in [3.05, 3.63) is 100.0 Å². The predicted molar refractivity (Wildman–Crippen MR) is 107 cm³/mol. The Morgan fingerprint density at radius 1 is 0.964 bits per heavy atom. The average molecular weight is 373 g/mol. The van der Waals surface area contributed by atoms with Crippen molar-refractivity contribution in [1.82, 2.24) is 0 Å². The molecule has 1 heterocycles. The molecular formula is C23H16FNO3. The highest BCUT2D eigenvalue weighted by Crippen LogP contribution is 2.27. The molecule has 4 aromatic rings. The minimum Gasteiger partial charge on any atom is -0.455 e. The number of benzene rings is 3. The van der Waals surface area contributed by atoms with E-state index in [1.165, 1.54) is 18.2 Å². The lowest BCUT2D eigenvalue weighted by Crippen LogP contribution is -2.15. The topological polar surface area (TPSA) is 59.3 Å². The fraction of sp³-hybridized carbons (Fsp3) is 0.0435. The summed E-state index contributed by atoms with van der Waals surface area (Å²) in [5.74, 6) is -0.518. The van der Waals surface area contributed by atoms with Gasteiger partial charge in [-0.3, -0.25) is 9.59 Å². The van der Waals surface area contributed by atoms with E-state index >= 15 is 0 Å². The highest BCUT2D eigenvalue weighted by atomic mass is 19.1. The lowest BCUT2D eigenvalue weighted by Gasteiger charge is -2.11. The number of nitrogens with one attached hydrogen (secondary N) is 1. The molecule has 1 aromatic heterocycles. The van der Waals surface area contributed by atoms with Crippen LogP contribution in [-0.4, -0.2) is 5.91 Å². The van der Waals surface area contributed by atoms with Crippen LogP contribution in [0.25, 0.3) is 22.3 Å². The highest BCUT2D eigenvalue weighted by molar-refractivity contribution is 6.11. The number of carbonyl (C=O) groups excluding carboxylic acids is 1. The molecule has 0 unspecified atom stereocenters. The van der Waals surface area contributed by atoms with Gasteiger partial charge in [0.2, 0.25) is 0 Å². The maximum absolute atomic E-state index is 13.4. The van der Waals surface area contributed by atoms with Gasteiger partial charge in [-0.15, -0.1) is 0 Å². The van der Waals surface area contributed by atoms with Crippen molar-refractivity contribution in [2.45, 2.75) is 6.92 Å². The molecule has 0 radical (unpaired) electrons. The monoisotopic (exact) mass is 373 g/mol. The van der Waals surface area contributed by atoms with Gasteiger partial charge in [-0.1, -0.05) is 42.5 Å². The molecule has 1 amide bonds. The molecule has 4 nitrogen and oxygen atoms in total. The molecule has 4 rings (SSSR count). The van der Waals surface area contributed by atoms with Crippen LogP contribution in [0.5, 0.6) is 0 Å². The van der Waals surface area contributed by atoms with Crippen LogP contribution >= 0.6 is 0 Å². The van der Waals surface area contributed by atoms with Gasteiger partial charge in [-0.05, 0) is 37.3 Å². The van der Waals surface area contributed by atoms with Crippen molar-refractivity contribution in [1.29, 1.82) is 0 Å². The summed E-state index contributed by atoms with van der Waals surface area (Å²) in [6.45, 7) is 1.70. The molecule has 5 heteroatoms. The Labute approximate surface area is 160 Å². The number of fused-ring (bicyclic) bond motifs is 1. The summed E-state index contributed by atoms with van der Waals surface area (Å²) < 4.78 is 19.4. The molecule has 0 bridgehead atoms. The summed E-state index contributed by atoms with van der Waals surface area (Å²) in [7, 11) is 0. The zero-order valence-electron chi connectivity index (χ0n) is 15.0. The molecular weight excluding hydrogens is 357 g/mol. The van der Waals surface area contributed by atoms with E-state index < -0.39 is 11.7 Å². The minimum atomic E-state index is -0.484. The molecule has 28 heavy (non-hydrogen) atoms. The number of halogens is 1. The first-order valence-corrected chi connectivity index (χ1v) is 8.73. The molecule has 0 atom stereocenters. The number of anilines is 1. The second kappa shape index (κ2) is 7.12. The third-order valence-corrected chi connectivity index (χ3v) is 4.51. The largest absolute Gasteiger partial charge is 0.455 e. The molecule has 0 saturated heterocycles. The lowest BCUT2D eigenvalue weighted by atomic mass is 10.0. The van der Waals surface area contributed by atoms with E-state index in [-0.39, 0.29) is 16.6 Å². The number of rotatable bonds is 3. The van der Waals surface area contributed by atoms with Crippen LogP contribution in [0.4, 0.5) is 10.1 Å². The van der Waals surface area contributed by atoms with Crippen molar-refractivity contribution < 1.29 is 13.6 Å². The average Bonchev–Trinajstić information content (AvgIpc) is 2.71. The van der Waals surface area contributed by atoms with Crippen molar-refractivity contribution >= 4 is 22.6 Å². The normalized spacial score (nSPS) is 10.8. The number of hydrogen-bond acceptors (Lipinski definition) is 3. The number of hydrogen-bond donors (Lipinski definition) is 1. The SMILES string of the molecule is Cc1c(-c2ccccc2)oc2c(C(=O)Nc3cccc(F)c3)cccc2c1=O. The van der Waals surface area contributed by atoms with Crippen LogP contribution in [-0.2, 0) is 0 Å². The van der Waals surface area contributed by atoms with Gasteiger partial charge in [0.15, 0.2) is 11.0 Å². The molecule has 0 aliphatic rings. The number of amides is 1. The summed E-state index contributed by atoms with van der Waals surface area (Å²) in [6, 6.07) is 19.7. The van der Waals surface area contributed by atoms with E-state index in [9.17, 15) is 14.0 Å². The summed E-state index contributed by atoms with van der Waals surface area (Å²) in [4.78, 5) is 25.6. The van der Waals surface area contributed by atoms with E-state index in [1.54, 1.807) is 31.2 Å². The summed E-state index contributed by atoms with van der Waals surface area (Å²) in [5.41, 5.74) is 1.75. The number of para-hydroxylation sites is 1. The Morgan fingerprint density at radius 3 is 2.46 bits per heavy atom. The van der Waals surface area contributed by atoms with Crippen LogP contribution < -0.4 is 10.7 Å². The molecule has 138 valence electrons. The Bertz CT molecular complexity index is 1250. The first kappa shape index (κ1) is 17.7. The maximum atomic E-state index is 13.4.